The number of fused-ring (bicyclic) bond motifs is 2. The zero-order valence-corrected chi connectivity index (χ0v) is 13.3. The molecule has 0 aliphatic heterocycles. The molecule has 2 nitrogen and oxygen atoms in total. The van der Waals surface area contributed by atoms with Crippen LogP contribution >= 0.6 is 11.6 Å². The second kappa shape index (κ2) is 4.64. The van der Waals surface area contributed by atoms with Gasteiger partial charge in [-0.15, -0.1) is 0 Å². The van der Waals surface area contributed by atoms with E-state index in [1.165, 1.54) is 12.8 Å². The van der Waals surface area contributed by atoms with Crippen LogP contribution in [-0.2, 0) is 6.54 Å². The largest absolute Gasteiger partial charge is 0.489 e. The normalized spacial score (nSPS) is 34.5. The van der Waals surface area contributed by atoms with Crippen molar-refractivity contribution in [3.63, 3.8) is 0 Å². The van der Waals surface area contributed by atoms with E-state index in [1.807, 2.05) is 18.2 Å². The van der Waals surface area contributed by atoms with Crippen LogP contribution in [0.1, 0.15) is 45.6 Å². The molecular weight excluding hydrogens is 270 g/mol. The first-order chi connectivity index (χ1) is 9.38. The fourth-order valence-corrected chi connectivity index (χ4v) is 4.48. The quantitative estimate of drug-likeness (QED) is 0.897. The molecule has 0 aromatic heterocycles. The summed E-state index contributed by atoms with van der Waals surface area (Å²) in [5.74, 6) is 1.69. The van der Waals surface area contributed by atoms with Crippen LogP contribution < -0.4 is 10.5 Å². The summed E-state index contributed by atoms with van der Waals surface area (Å²) in [4.78, 5) is 0. The van der Waals surface area contributed by atoms with E-state index >= 15 is 0 Å². The van der Waals surface area contributed by atoms with Gasteiger partial charge in [-0.3, -0.25) is 0 Å². The van der Waals surface area contributed by atoms with E-state index in [-0.39, 0.29) is 5.41 Å². The number of nitrogens with two attached hydrogens (primary N) is 1. The highest BCUT2D eigenvalue weighted by Gasteiger charge is 2.62. The Labute approximate surface area is 126 Å². The maximum Gasteiger partial charge on any atom is 0.124 e. The van der Waals surface area contributed by atoms with E-state index in [9.17, 15) is 0 Å². The Kier molecular flexibility index (Phi) is 3.30. The van der Waals surface area contributed by atoms with Gasteiger partial charge >= 0.3 is 0 Å². The van der Waals surface area contributed by atoms with E-state index in [0.717, 1.165) is 28.7 Å². The molecule has 3 atom stereocenters. The molecule has 0 saturated heterocycles. The molecule has 2 aliphatic rings. The van der Waals surface area contributed by atoms with Crippen LogP contribution in [0.15, 0.2) is 18.2 Å². The van der Waals surface area contributed by atoms with Crippen LogP contribution in [0.4, 0.5) is 0 Å². The molecule has 3 unspecified atom stereocenters. The van der Waals surface area contributed by atoms with E-state index in [2.05, 4.69) is 20.8 Å². The second-order valence-corrected chi connectivity index (χ2v) is 7.61. The van der Waals surface area contributed by atoms with E-state index in [0.29, 0.717) is 18.1 Å². The molecule has 0 heterocycles. The Balaban J connectivity index is 1.87. The maximum absolute atomic E-state index is 6.39. The van der Waals surface area contributed by atoms with Gasteiger partial charge in [0, 0.05) is 22.5 Å². The Morgan fingerprint density at radius 1 is 1.35 bits per heavy atom. The molecule has 2 fully saturated rings. The zero-order chi connectivity index (χ0) is 14.5. The molecule has 1 aromatic carbocycles. The number of hydrogen-bond donors (Lipinski definition) is 1. The molecule has 3 heteroatoms. The Bertz CT molecular complexity index is 528. The summed E-state index contributed by atoms with van der Waals surface area (Å²) in [6.45, 7) is 7.66. The van der Waals surface area contributed by atoms with Gasteiger partial charge in [0.15, 0.2) is 0 Å². The predicted molar refractivity (Wildman–Crippen MR) is 83.0 cm³/mol. The number of benzene rings is 1. The fraction of sp³-hybridized carbons (Fsp3) is 0.647. The molecule has 0 radical (unpaired) electrons. The van der Waals surface area contributed by atoms with Crippen molar-refractivity contribution in [2.75, 3.05) is 0 Å². The molecule has 2 saturated carbocycles. The van der Waals surface area contributed by atoms with Gasteiger partial charge in [-0.2, -0.15) is 0 Å². The molecule has 110 valence electrons. The first-order valence-electron chi connectivity index (χ1n) is 7.53. The van der Waals surface area contributed by atoms with Gasteiger partial charge in [-0.05, 0) is 48.8 Å². The van der Waals surface area contributed by atoms with Gasteiger partial charge in [0.05, 0.1) is 0 Å². The zero-order valence-electron chi connectivity index (χ0n) is 12.6. The van der Waals surface area contributed by atoms with Crippen molar-refractivity contribution in [2.45, 2.75) is 52.7 Å². The van der Waals surface area contributed by atoms with Crippen molar-refractivity contribution >= 4 is 11.6 Å². The van der Waals surface area contributed by atoms with Crippen molar-refractivity contribution in [3.05, 3.63) is 28.8 Å². The van der Waals surface area contributed by atoms with Gasteiger partial charge in [0.25, 0.3) is 0 Å². The van der Waals surface area contributed by atoms with E-state index in [1.54, 1.807) is 0 Å². The van der Waals surface area contributed by atoms with Crippen LogP contribution in [0.25, 0.3) is 0 Å². The standard InChI is InChI=1S/C17H24ClNO/c1-16(2)12-6-7-17(16,3)15(9-12)20-14-5-4-13(18)8-11(14)10-19/h4-5,8,12,15H,6-7,9-10,19H2,1-3H3. The lowest BCUT2D eigenvalue weighted by Gasteiger charge is -2.39. The topological polar surface area (TPSA) is 35.2 Å². The summed E-state index contributed by atoms with van der Waals surface area (Å²) in [7, 11) is 0. The molecule has 2 bridgehead atoms. The highest BCUT2D eigenvalue weighted by molar-refractivity contribution is 6.30. The Morgan fingerprint density at radius 3 is 2.65 bits per heavy atom. The number of halogens is 1. The monoisotopic (exact) mass is 293 g/mol. The summed E-state index contributed by atoms with van der Waals surface area (Å²) in [5, 5.41) is 0.720. The summed E-state index contributed by atoms with van der Waals surface area (Å²) < 4.78 is 6.39. The Morgan fingerprint density at radius 2 is 2.10 bits per heavy atom. The molecule has 20 heavy (non-hydrogen) atoms. The van der Waals surface area contributed by atoms with Crippen molar-refractivity contribution in [3.8, 4) is 5.75 Å². The molecule has 1 aromatic rings. The average Bonchev–Trinajstić information content (AvgIpc) is 2.74. The molecule has 3 rings (SSSR count). The summed E-state index contributed by atoms with van der Waals surface area (Å²) in [6, 6.07) is 5.77. The molecule has 2 aliphatic carbocycles. The van der Waals surface area contributed by atoms with Gasteiger partial charge in [-0.1, -0.05) is 32.4 Å². The van der Waals surface area contributed by atoms with Gasteiger partial charge in [0.2, 0.25) is 0 Å². The lowest BCUT2D eigenvalue weighted by Crippen LogP contribution is -2.39. The highest BCUT2D eigenvalue weighted by atomic mass is 35.5. The molecule has 2 N–H and O–H groups in total. The number of hydrogen-bond acceptors (Lipinski definition) is 2. The van der Waals surface area contributed by atoms with Crippen molar-refractivity contribution in [1.82, 2.24) is 0 Å². The Hall–Kier alpha value is -0.730. The lowest BCUT2D eigenvalue weighted by molar-refractivity contribution is 0.0296. The molecule has 0 spiro atoms. The second-order valence-electron chi connectivity index (χ2n) is 7.17. The molecular formula is C17H24ClNO. The summed E-state index contributed by atoms with van der Waals surface area (Å²) in [6.07, 6.45) is 4.06. The van der Waals surface area contributed by atoms with Crippen molar-refractivity contribution < 1.29 is 4.74 Å². The number of ether oxygens (including phenoxy) is 1. The predicted octanol–water partition coefficient (Wildman–Crippen LogP) is 4.39. The minimum atomic E-state index is 0.267. The number of rotatable bonds is 3. The highest BCUT2D eigenvalue weighted by Crippen LogP contribution is 2.66. The third-order valence-corrected chi connectivity index (χ3v) is 6.46. The van der Waals surface area contributed by atoms with Gasteiger partial charge < -0.3 is 10.5 Å². The third-order valence-electron chi connectivity index (χ3n) is 6.23. The maximum atomic E-state index is 6.39. The third kappa shape index (κ3) is 1.88. The fourth-order valence-electron chi connectivity index (χ4n) is 4.28. The first kappa shape index (κ1) is 14.2. The SMILES string of the molecule is CC1(C)C2CCC1(C)C(Oc1ccc(Cl)cc1CN)C2. The average molecular weight is 294 g/mol. The minimum absolute atomic E-state index is 0.267. The smallest absolute Gasteiger partial charge is 0.124 e. The van der Waals surface area contributed by atoms with Crippen LogP contribution in [0.2, 0.25) is 5.02 Å². The summed E-state index contributed by atoms with van der Waals surface area (Å²) >= 11 is 6.04. The van der Waals surface area contributed by atoms with E-state index in [4.69, 9.17) is 22.1 Å². The van der Waals surface area contributed by atoms with Crippen LogP contribution in [0.3, 0.4) is 0 Å². The molecule has 0 amide bonds. The van der Waals surface area contributed by atoms with Gasteiger partial charge in [-0.25, -0.2) is 0 Å². The lowest BCUT2D eigenvalue weighted by atomic mass is 9.70. The van der Waals surface area contributed by atoms with Crippen LogP contribution in [0.5, 0.6) is 5.75 Å². The first-order valence-corrected chi connectivity index (χ1v) is 7.91. The van der Waals surface area contributed by atoms with E-state index < -0.39 is 0 Å². The van der Waals surface area contributed by atoms with Gasteiger partial charge in [0.1, 0.15) is 11.9 Å². The van der Waals surface area contributed by atoms with Crippen LogP contribution in [-0.4, -0.2) is 6.10 Å². The van der Waals surface area contributed by atoms with Crippen molar-refractivity contribution in [2.24, 2.45) is 22.5 Å². The van der Waals surface area contributed by atoms with Crippen molar-refractivity contribution in [1.29, 1.82) is 0 Å². The van der Waals surface area contributed by atoms with Crippen LogP contribution in [0, 0.1) is 16.7 Å². The summed E-state index contributed by atoms with van der Waals surface area (Å²) in [5.41, 5.74) is 7.45. The minimum Gasteiger partial charge on any atom is -0.489 e.